The average molecular weight is 383 g/mol. The first-order chi connectivity index (χ1) is 13.7. The lowest BCUT2D eigenvalue weighted by atomic mass is 9.94. The number of aromatic nitrogens is 5. The van der Waals surface area contributed by atoms with Crippen LogP contribution in [0.25, 0.3) is 11.5 Å². The molecule has 3 heterocycles. The van der Waals surface area contributed by atoms with E-state index in [-0.39, 0.29) is 0 Å². The van der Waals surface area contributed by atoms with Gasteiger partial charge in [-0.1, -0.05) is 19.3 Å². The van der Waals surface area contributed by atoms with Gasteiger partial charge in [0.1, 0.15) is 12.0 Å². The molecular formula is C19H25N7O2. The molecule has 0 atom stereocenters. The number of nitrogens with one attached hydrogen (secondary N) is 2. The molecule has 1 aliphatic carbocycles. The van der Waals surface area contributed by atoms with Gasteiger partial charge >= 0.3 is 0 Å². The first-order valence-corrected chi connectivity index (χ1v) is 9.49. The zero-order chi connectivity index (χ0) is 19.5. The molecule has 9 heteroatoms. The van der Waals surface area contributed by atoms with E-state index < -0.39 is 0 Å². The van der Waals surface area contributed by atoms with Crippen LogP contribution in [0.15, 0.2) is 18.5 Å². The first kappa shape index (κ1) is 18.3. The minimum Gasteiger partial charge on any atom is -0.481 e. The van der Waals surface area contributed by atoms with Gasteiger partial charge in [-0.25, -0.2) is 9.97 Å². The normalized spacial score (nSPS) is 14.8. The Bertz CT molecular complexity index is 907. The summed E-state index contributed by atoms with van der Waals surface area (Å²) >= 11 is 0. The lowest BCUT2D eigenvalue weighted by Crippen LogP contribution is -2.34. The molecule has 1 aromatic rings. The Morgan fingerprint density at radius 2 is 1.89 bits per heavy atom. The third kappa shape index (κ3) is 3.51. The van der Waals surface area contributed by atoms with Crippen molar-refractivity contribution in [3.05, 3.63) is 18.5 Å². The van der Waals surface area contributed by atoms with Gasteiger partial charge in [-0.2, -0.15) is 9.97 Å². The number of methoxy groups -OCH3 is 2. The second-order valence-corrected chi connectivity index (χ2v) is 6.92. The molecule has 0 radical (unpaired) electrons. The van der Waals surface area contributed by atoms with Gasteiger partial charge < -0.3 is 24.7 Å². The number of anilines is 3. The van der Waals surface area contributed by atoms with Crippen LogP contribution in [0.4, 0.5) is 17.5 Å². The molecule has 0 bridgehead atoms. The second-order valence-electron chi connectivity index (χ2n) is 6.92. The molecule has 0 unspecified atom stereocenters. The van der Waals surface area contributed by atoms with E-state index >= 15 is 0 Å². The Labute approximate surface area is 163 Å². The lowest BCUT2D eigenvalue weighted by molar-refractivity contribution is 0.366. The van der Waals surface area contributed by atoms with Crippen molar-refractivity contribution < 1.29 is 9.47 Å². The van der Waals surface area contributed by atoms with E-state index in [9.17, 15) is 0 Å². The van der Waals surface area contributed by atoms with Crippen LogP contribution in [-0.4, -0.2) is 52.2 Å². The number of fused-ring (bicyclic) bond motifs is 1. The van der Waals surface area contributed by atoms with Crippen molar-refractivity contribution in [1.82, 2.24) is 24.9 Å². The van der Waals surface area contributed by atoms with Crippen molar-refractivity contribution in [2.45, 2.75) is 38.1 Å². The fourth-order valence-electron chi connectivity index (χ4n) is 3.68. The highest BCUT2D eigenvalue weighted by molar-refractivity contribution is 5.72. The molecule has 28 heavy (non-hydrogen) atoms. The highest BCUT2D eigenvalue weighted by atomic mass is 16.5. The number of pyridine rings is 1. The highest BCUT2D eigenvalue weighted by Gasteiger charge is 2.25. The minimum atomic E-state index is 0.422. The van der Waals surface area contributed by atoms with E-state index in [1.54, 1.807) is 26.6 Å². The molecule has 0 amide bonds. The number of ether oxygens (including phenoxy) is 2. The van der Waals surface area contributed by atoms with Crippen LogP contribution in [-0.2, 0) is 0 Å². The van der Waals surface area contributed by atoms with Crippen molar-refractivity contribution in [1.29, 1.82) is 0 Å². The monoisotopic (exact) mass is 383 g/mol. The minimum absolute atomic E-state index is 0.422. The quantitative estimate of drug-likeness (QED) is 0.669. The molecule has 0 saturated heterocycles. The summed E-state index contributed by atoms with van der Waals surface area (Å²) in [5.74, 6) is 2.97. The summed E-state index contributed by atoms with van der Waals surface area (Å²) in [6.07, 6.45) is 7.72. The summed E-state index contributed by atoms with van der Waals surface area (Å²) in [6.45, 7) is 0. The molecule has 1 saturated carbocycles. The Morgan fingerprint density at radius 3 is 2.64 bits per heavy atom. The zero-order valence-electron chi connectivity index (χ0n) is 16.4. The van der Waals surface area contributed by atoms with E-state index in [0.29, 0.717) is 35.3 Å². The first-order valence-electron chi connectivity index (χ1n) is 9.49. The molecule has 1 aromatic heterocycles. The predicted octanol–water partition coefficient (Wildman–Crippen LogP) is 3.23. The van der Waals surface area contributed by atoms with E-state index in [4.69, 9.17) is 14.5 Å². The molecule has 2 aliphatic heterocycles. The van der Waals surface area contributed by atoms with Crippen LogP contribution >= 0.6 is 0 Å². The third-order valence-electron chi connectivity index (χ3n) is 5.21. The van der Waals surface area contributed by atoms with Gasteiger partial charge in [0.25, 0.3) is 0 Å². The third-order valence-corrected chi connectivity index (χ3v) is 5.21. The van der Waals surface area contributed by atoms with Crippen molar-refractivity contribution in [3.63, 3.8) is 0 Å². The fraction of sp³-hybridized carbons (Fsp3) is 0.474. The molecule has 0 spiro atoms. The van der Waals surface area contributed by atoms with Gasteiger partial charge in [-0.15, -0.1) is 0 Å². The number of hydrogen-bond donors (Lipinski definition) is 2. The average Bonchev–Trinajstić information content (AvgIpc) is 3.22. The van der Waals surface area contributed by atoms with Crippen LogP contribution in [0.1, 0.15) is 32.1 Å². The highest BCUT2D eigenvalue weighted by Crippen LogP contribution is 2.34. The summed E-state index contributed by atoms with van der Waals surface area (Å²) in [5.41, 5.74) is 1.45. The molecule has 148 valence electrons. The van der Waals surface area contributed by atoms with Crippen molar-refractivity contribution in [2.24, 2.45) is 0 Å². The zero-order valence-corrected chi connectivity index (χ0v) is 16.4. The fourth-order valence-corrected chi connectivity index (χ4v) is 3.68. The van der Waals surface area contributed by atoms with E-state index in [0.717, 1.165) is 11.5 Å². The van der Waals surface area contributed by atoms with Gasteiger partial charge in [0, 0.05) is 19.2 Å². The Morgan fingerprint density at radius 1 is 1.07 bits per heavy atom. The smallest absolute Gasteiger partial charge is 0.240 e. The molecule has 1 fully saturated rings. The largest absolute Gasteiger partial charge is 0.481 e. The van der Waals surface area contributed by atoms with E-state index in [1.807, 2.05) is 6.07 Å². The molecule has 0 aromatic carbocycles. The summed E-state index contributed by atoms with van der Waals surface area (Å²) in [6, 6.07) is 4.07. The van der Waals surface area contributed by atoms with Crippen molar-refractivity contribution in [3.8, 4) is 23.3 Å². The number of imidazole rings is 1. The maximum Gasteiger partial charge on any atom is 0.240 e. The number of H-pyrrole nitrogens is 1. The second kappa shape index (κ2) is 7.87. The standard InChI is InChI=1S/C19H25N7O2/c1-26(12-7-5-4-6-8-12)17-15-16(21-11-20-15)24-19(25-17)22-13-9-10-14(27-2)23-18(13)28-3/h9-12H,4-8H2,1-3H3,(H2,20,21,22,24,25). The van der Waals surface area contributed by atoms with Crippen molar-refractivity contribution in [2.75, 3.05) is 31.5 Å². The maximum atomic E-state index is 5.37. The Kier molecular flexibility index (Phi) is 5.14. The number of aromatic amines is 1. The SMILES string of the molecule is COc1ccc(Nc2nc(N(C)C3CCCCC3)c3ncnc-3[nH]2)c(OC)n1. The predicted molar refractivity (Wildman–Crippen MR) is 107 cm³/mol. The summed E-state index contributed by atoms with van der Waals surface area (Å²) in [7, 11) is 5.23. The van der Waals surface area contributed by atoms with Gasteiger partial charge in [-0.3, -0.25) is 0 Å². The van der Waals surface area contributed by atoms with Crippen LogP contribution < -0.4 is 19.7 Å². The molecule has 9 nitrogen and oxygen atoms in total. The van der Waals surface area contributed by atoms with Gasteiger partial charge in [0.15, 0.2) is 17.3 Å². The topological polar surface area (TPSA) is 101 Å². The van der Waals surface area contributed by atoms with Crippen molar-refractivity contribution >= 4 is 17.5 Å². The van der Waals surface area contributed by atoms with Crippen LogP contribution in [0.5, 0.6) is 11.8 Å². The molecule has 4 rings (SSSR count). The summed E-state index contributed by atoms with van der Waals surface area (Å²) in [4.78, 5) is 23.3. The van der Waals surface area contributed by atoms with Gasteiger partial charge in [0.2, 0.25) is 17.7 Å². The number of hydrogen-bond acceptors (Lipinski definition) is 8. The van der Waals surface area contributed by atoms with E-state index in [2.05, 4.69) is 37.2 Å². The van der Waals surface area contributed by atoms with Gasteiger partial charge in [-0.05, 0) is 18.9 Å². The molecular weight excluding hydrogens is 358 g/mol. The summed E-state index contributed by atoms with van der Waals surface area (Å²) < 4.78 is 10.5. The summed E-state index contributed by atoms with van der Waals surface area (Å²) in [5, 5.41) is 3.25. The van der Waals surface area contributed by atoms with Crippen LogP contribution in [0.3, 0.4) is 0 Å². The lowest BCUT2D eigenvalue weighted by Gasteiger charge is -2.32. The van der Waals surface area contributed by atoms with Gasteiger partial charge in [0.05, 0.1) is 14.2 Å². The Balaban J connectivity index is 1.68. The molecule has 2 N–H and O–H groups in total. The number of nitrogens with zero attached hydrogens (tertiary/aromatic N) is 5. The number of rotatable bonds is 6. The van der Waals surface area contributed by atoms with Crippen LogP contribution in [0, 0.1) is 0 Å². The molecule has 3 aliphatic rings. The maximum absolute atomic E-state index is 5.37. The Hall–Kier alpha value is -3.10. The van der Waals surface area contributed by atoms with Crippen LogP contribution in [0.2, 0.25) is 0 Å². The van der Waals surface area contributed by atoms with E-state index in [1.165, 1.54) is 32.1 Å².